The van der Waals surface area contributed by atoms with Crippen LogP contribution in [0.3, 0.4) is 0 Å². The lowest BCUT2D eigenvalue weighted by atomic mass is 10.1. The zero-order valence-electron chi connectivity index (χ0n) is 10.5. The van der Waals surface area contributed by atoms with E-state index in [9.17, 15) is 4.39 Å². The first-order valence-corrected chi connectivity index (χ1v) is 7.90. The summed E-state index contributed by atoms with van der Waals surface area (Å²) in [6, 6.07) is 5.28. The highest BCUT2D eigenvalue weighted by molar-refractivity contribution is 7.12. The molecule has 19 heavy (non-hydrogen) atoms. The van der Waals surface area contributed by atoms with Crippen LogP contribution in [0.1, 0.15) is 38.2 Å². The zero-order valence-corrected chi connectivity index (χ0v) is 12.8. The average molecular weight is 315 g/mol. The second kappa shape index (κ2) is 5.08. The summed E-state index contributed by atoms with van der Waals surface area (Å²) in [6.07, 6.45) is 3.54. The Balaban J connectivity index is 1.99. The summed E-state index contributed by atoms with van der Waals surface area (Å²) in [5.41, 5.74) is 2.79. The Morgan fingerprint density at radius 3 is 2.79 bits per heavy atom. The van der Waals surface area contributed by atoms with Crippen molar-refractivity contribution in [3.63, 3.8) is 0 Å². The van der Waals surface area contributed by atoms with Crippen LogP contribution in [-0.4, -0.2) is 0 Å². The maximum atomic E-state index is 13.4. The molecular formula is C15H13Cl2FS. The van der Waals surface area contributed by atoms with Crippen molar-refractivity contribution < 1.29 is 4.39 Å². The molecule has 0 spiro atoms. The fourth-order valence-corrected chi connectivity index (χ4v) is 4.45. The smallest absolute Gasteiger partial charge is 0.127 e. The molecular weight excluding hydrogens is 302 g/mol. The summed E-state index contributed by atoms with van der Waals surface area (Å²) in [5.74, 6) is -0.286. The molecule has 0 radical (unpaired) electrons. The third-order valence-corrected chi connectivity index (χ3v) is 5.80. The lowest BCUT2D eigenvalue weighted by Gasteiger charge is -2.11. The molecule has 1 aliphatic carbocycles. The third kappa shape index (κ3) is 2.42. The Morgan fingerprint density at radius 2 is 2.05 bits per heavy atom. The van der Waals surface area contributed by atoms with E-state index in [2.05, 4.69) is 6.07 Å². The number of thiophene rings is 1. The quantitative estimate of drug-likeness (QED) is 0.627. The molecule has 1 heterocycles. The molecule has 100 valence electrons. The van der Waals surface area contributed by atoms with Crippen molar-refractivity contribution in [1.29, 1.82) is 0 Å². The van der Waals surface area contributed by atoms with Gasteiger partial charge in [0.25, 0.3) is 0 Å². The molecule has 0 amide bonds. The number of halogens is 3. The van der Waals surface area contributed by atoms with E-state index in [1.807, 2.05) is 0 Å². The van der Waals surface area contributed by atoms with Crippen LogP contribution in [0.25, 0.3) is 0 Å². The molecule has 3 rings (SSSR count). The van der Waals surface area contributed by atoms with Crippen LogP contribution in [0, 0.1) is 12.7 Å². The molecule has 0 aliphatic heterocycles. The number of benzene rings is 1. The Hall–Kier alpha value is -0.570. The van der Waals surface area contributed by atoms with Crippen LogP contribution in [0.2, 0.25) is 5.02 Å². The van der Waals surface area contributed by atoms with Crippen molar-refractivity contribution in [2.75, 3.05) is 0 Å². The number of fused-ring (bicyclic) bond motifs is 1. The molecule has 2 aromatic rings. The molecule has 1 aliphatic rings. The van der Waals surface area contributed by atoms with Gasteiger partial charge in [0.2, 0.25) is 0 Å². The molecule has 0 nitrogen and oxygen atoms in total. The largest absolute Gasteiger partial charge is 0.207 e. The van der Waals surface area contributed by atoms with Gasteiger partial charge in [-0.3, -0.25) is 0 Å². The van der Waals surface area contributed by atoms with Crippen LogP contribution < -0.4 is 0 Å². The van der Waals surface area contributed by atoms with E-state index in [0.717, 1.165) is 23.3 Å². The van der Waals surface area contributed by atoms with Gasteiger partial charge in [0, 0.05) is 14.8 Å². The van der Waals surface area contributed by atoms with Crippen molar-refractivity contribution >= 4 is 34.5 Å². The maximum absolute atomic E-state index is 13.4. The average Bonchev–Trinajstić information content (AvgIpc) is 2.93. The first kappa shape index (κ1) is 13.4. The van der Waals surface area contributed by atoms with Crippen molar-refractivity contribution in [1.82, 2.24) is 0 Å². The van der Waals surface area contributed by atoms with E-state index in [4.69, 9.17) is 23.2 Å². The molecule has 0 saturated heterocycles. The van der Waals surface area contributed by atoms with Gasteiger partial charge in [0.1, 0.15) is 5.82 Å². The molecule has 0 saturated carbocycles. The number of hydrogen-bond acceptors (Lipinski definition) is 1. The Morgan fingerprint density at radius 1 is 1.26 bits per heavy atom. The molecule has 4 heteroatoms. The summed E-state index contributed by atoms with van der Waals surface area (Å²) in [7, 11) is 0. The lowest BCUT2D eigenvalue weighted by Crippen LogP contribution is -1.95. The fourth-order valence-electron chi connectivity index (χ4n) is 2.50. The van der Waals surface area contributed by atoms with Gasteiger partial charge in [-0.05, 0) is 61.1 Å². The molecule has 1 aromatic heterocycles. The van der Waals surface area contributed by atoms with Crippen molar-refractivity contribution in [2.24, 2.45) is 0 Å². The molecule has 0 bridgehead atoms. The van der Waals surface area contributed by atoms with Gasteiger partial charge >= 0.3 is 0 Å². The number of hydrogen-bond donors (Lipinski definition) is 0. The Bertz CT molecular complexity index is 612. The predicted octanol–water partition coefficient (Wildman–Crippen LogP) is 5.67. The van der Waals surface area contributed by atoms with Gasteiger partial charge < -0.3 is 0 Å². The Kier molecular flexibility index (Phi) is 3.59. The molecule has 0 N–H and O–H groups in total. The summed E-state index contributed by atoms with van der Waals surface area (Å²) in [5, 5.41) is 0.110. The van der Waals surface area contributed by atoms with Gasteiger partial charge in [-0.2, -0.15) is 0 Å². The minimum Gasteiger partial charge on any atom is -0.207 e. The monoisotopic (exact) mass is 314 g/mol. The highest BCUT2D eigenvalue weighted by atomic mass is 35.5. The molecule has 0 fully saturated rings. The normalized spacial score (nSPS) is 15.6. The van der Waals surface area contributed by atoms with Crippen LogP contribution in [0.15, 0.2) is 18.2 Å². The van der Waals surface area contributed by atoms with Gasteiger partial charge in [-0.15, -0.1) is 22.9 Å². The minimum atomic E-state index is -0.289. The van der Waals surface area contributed by atoms with Gasteiger partial charge in [0.15, 0.2) is 0 Å². The van der Waals surface area contributed by atoms with Crippen molar-refractivity contribution in [3.8, 4) is 0 Å². The van der Waals surface area contributed by atoms with E-state index in [1.165, 1.54) is 22.9 Å². The van der Waals surface area contributed by atoms with Crippen LogP contribution in [-0.2, 0) is 12.8 Å². The van der Waals surface area contributed by atoms with E-state index >= 15 is 0 Å². The number of aryl methyl sites for hydroxylation is 3. The summed E-state index contributed by atoms with van der Waals surface area (Å²) in [6.45, 7) is 1.73. The minimum absolute atomic E-state index is 0.286. The predicted molar refractivity (Wildman–Crippen MR) is 80.2 cm³/mol. The molecule has 1 aromatic carbocycles. The molecule has 1 atom stereocenters. The molecule has 1 unspecified atom stereocenters. The van der Waals surface area contributed by atoms with Gasteiger partial charge in [0.05, 0.1) is 5.38 Å². The zero-order chi connectivity index (χ0) is 13.6. The van der Waals surface area contributed by atoms with Crippen molar-refractivity contribution in [3.05, 3.63) is 55.5 Å². The van der Waals surface area contributed by atoms with Crippen LogP contribution in [0.4, 0.5) is 4.39 Å². The van der Waals surface area contributed by atoms with E-state index in [1.54, 1.807) is 24.3 Å². The summed E-state index contributed by atoms with van der Waals surface area (Å²) >= 11 is 14.4. The topological polar surface area (TPSA) is 0 Å². The third-order valence-electron chi connectivity index (χ3n) is 3.57. The SMILES string of the molecule is Cc1cc(C(Cl)c2cc3c(s2)CCC3)c(Cl)cc1F. The Labute approximate surface area is 126 Å². The fraction of sp³-hybridized carbons (Fsp3) is 0.333. The maximum Gasteiger partial charge on any atom is 0.127 e. The summed E-state index contributed by atoms with van der Waals surface area (Å²) < 4.78 is 13.4. The van der Waals surface area contributed by atoms with E-state index in [-0.39, 0.29) is 11.2 Å². The first-order chi connectivity index (χ1) is 9.06. The van der Waals surface area contributed by atoms with Gasteiger partial charge in [-0.25, -0.2) is 4.39 Å². The van der Waals surface area contributed by atoms with E-state index in [0.29, 0.717) is 10.6 Å². The van der Waals surface area contributed by atoms with Crippen LogP contribution in [0.5, 0.6) is 0 Å². The van der Waals surface area contributed by atoms with Crippen LogP contribution >= 0.6 is 34.5 Å². The van der Waals surface area contributed by atoms with Crippen molar-refractivity contribution in [2.45, 2.75) is 31.6 Å². The lowest BCUT2D eigenvalue weighted by molar-refractivity contribution is 0.618. The second-order valence-electron chi connectivity index (χ2n) is 4.94. The second-order valence-corrected chi connectivity index (χ2v) is 6.95. The van der Waals surface area contributed by atoms with Gasteiger partial charge in [-0.1, -0.05) is 11.6 Å². The standard InChI is InChI=1S/C15H13Cl2FS/c1-8-5-10(11(16)7-12(8)18)15(17)14-6-9-3-2-4-13(9)19-14/h5-7,15H,2-4H2,1H3. The number of alkyl halides is 1. The highest BCUT2D eigenvalue weighted by Crippen LogP contribution is 2.41. The highest BCUT2D eigenvalue weighted by Gasteiger charge is 2.22. The number of rotatable bonds is 2. The summed E-state index contributed by atoms with van der Waals surface area (Å²) in [4.78, 5) is 2.55. The first-order valence-electron chi connectivity index (χ1n) is 6.27. The van der Waals surface area contributed by atoms with E-state index < -0.39 is 0 Å².